The molecule has 0 aromatic heterocycles. The zero-order chi connectivity index (χ0) is 26.6. The van der Waals surface area contributed by atoms with E-state index in [0.29, 0.717) is 43.5 Å². The fourth-order valence-electron chi connectivity index (χ4n) is 4.00. The minimum absolute atomic E-state index is 0.0897. The van der Waals surface area contributed by atoms with Gasteiger partial charge < -0.3 is 15.0 Å². The van der Waals surface area contributed by atoms with Crippen molar-refractivity contribution in [3.63, 3.8) is 0 Å². The molecule has 3 aromatic carbocycles. The van der Waals surface area contributed by atoms with E-state index in [1.165, 1.54) is 5.56 Å². The summed E-state index contributed by atoms with van der Waals surface area (Å²) >= 11 is 6.24. The molecule has 6 heteroatoms. The summed E-state index contributed by atoms with van der Waals surface area (Å²) in [5.41, 5.74) is 3.05. The highest BCUT2D eigenvalue weighted by molar-refractivity contribution is 6.30. The molecule has 0 aliphatic heterocycles. The normalized spacial score (nSPS) is 11.7. The van der Waals surface area contributed by atoms with E-state index in [2.05, 4.69) is 19.2 Å². The minimum Gasteiger partial charge on any atom is -0.494 e. The van der Waals surface area contributed by atoms with Crippen LogP contribution in [0.3, 0.4) is 0 Å². The van der Waals surface area contributed by atoms with Crippen molar-refractivity contribution in [1.82, 2.24) is 10.2 Å². The van der Waals surface area contributed by atoms with Crippen molar-refractivity contribution in [2.45, 2.75) is 52.6 Å². The average Bonchev–Trinajstić information content (AvgIpc) is 2.88. The molecule has 1 atom stereocenters. The van der Waals surface area contributed by atoms with Gasteiger partial charge in [0.2, 0.25) is 11.8 Å². The molecule has 5 nitrogen and oxygen atoms in total. The Hall–Kier alpha value is -3.31. The highest BCUT2D eigenvalue weighted by atomic mass is 35.5. The summed E-state index contributed by atoms with van der Waals surface area (Å²) < 4.78 is 5.83. The van der Waals surface area contributed by atoms with Gasteiger partial charge in [-0.25, -0.2) is 0 Å². The van der Waals surface area contributed by atoms with E-state index < -0.39 is 6.04 Å². The van der Waals surface area contributed by atoms with Gasteiger partial charge >= 0.3 is 0 Å². The summed E-state index contributed by atoms with van der Waals surface area (Å²) in [6.45, 7) is 7.40. The Morgan fingerprint density at radius 2 is 1.65 bits per heavy atom. The zero-order valence-electron chi connectivity index (χ0n) is 22.0. The van der Waals surface area contributed by atoms with Gasteiger partial charge in [-0.2, -0.15) is 0 Å². The van der Waals surface area contributed by atoms with E-state index in [1.54, 1.807) is 11.0 Å². The molecule has 1 N–H and O–H groups in total. The number of hydrogen-bond donors (Lipinski definition) is 1. The first-order chi connectivity index (χ1) is 17.8. The van der Waals surface area contributed by atoms with Crippen LogP contribution in [0, 0.1) is 12.8 Å². The van der Waals surface area contributed by atoms with E-state index in [9.17, 15) is 9.59 Å². The first kappa shape index (κ1) is 28.3. The van der Waals surface area contributed by atoms with Gasteiger partial charge in [-0.1, -0.05) is 85.6 Å². The van der Waals surface area contributed by atoms with Crippen molar-refractivity contribution >= 4 is 23.4 Å². The Balaban J connectivity index is 1.78. The maximum absolute atomic E-state index is 13.6. The Morgan fingerprint density at radius 1 is 0.946 bits per heavy atom. The Labute approximate surface area is 225 Å². The molecular formula is C31H37ClN2O3. The molecule has 0 radical (unpaired) electrons. The molecule has 0 aliphatic rings. The van der Waals surface area contributed by atoms with Crippen molar-refractivity contribution in [3.8, 4) is 5.75 Å². The van der Waals surface area contributed by atoms with E-state index >= 15 is 0 Å². The maximum Gasteiger partial charge on any atom is 0.243 e. The van der Waals surface area contributed by atoms with Crippen molar-refractivity contribution in [1.29, 1.82) is 0 Å². The number of amides is 2. The van der Waals surface area contributed by atoms with Crippen LogP contribution >= 0.6 is 11.6 Å². The molecule has 0 unspecified atom stereocenters. The second-order valence-electron chi connectivity index (χ2n) is 9.76. The van der Waals surface area contributed by atoms with Crippen LogP contribution in [0.5, 0.6) is 5.75 Å². The number of nitrogens with one attached hydrogen (secondary N) is 1. The van der Waals surface area contributed by atoms with Gasteiger partial charge in [-0.3, -0.25) is 9.59 Å². The van der Waals surface area contributed by atoms with Crippen LogP contribution in [-0.4, -0.2) is 35.9 Å². The number of ether oxygens (including phenoxy) is 1. The second kappa shape index (κ2) is 14.4. The van der Waals surface area contributed by atoms with Crippen LogP contribution in [0.15, 0.2) is 78.9 Å². The zero-order valence-corrected chi connectivity index (χ0v) is 22.7. The second-order valence-corrected chi connectivity index (χ2v) is 10.2. The van der Waals surface area contributed by atoms with Crippen LogP contribution in [-0.2, 0) is 22.6 Å². The molecule has 0 saturated heterocycles. The summed E-state index contributed by atoms with van der Waals surface area (Å²) in [5.74, 6) is 0.845. The van der Waals surface area contributed by atoms with Crippen LogP contribution in [0.25, 0.3) is 0 Å². The molecule has 0 spiro atoms. The summed E-state index contributed by atoms with van der Waals surface area (Å²) in [7, 11) is 0. The number of carbonyl (C=O) groups is 2. The van der Waals surface area contributed by atoms with Crippen LogP contribution in [0.1, 0.15) is 43.4 Å². The van der Waals surface area contributed by atoms with Crippen molar-refractivity contribution in [3.05, 3.63) is 101 Å². The van der Waals surface area contributed by atoms with Crippen molar-refractivity contribution < 1.29 is 14.3 Å². The highest BCUT2D eigenvalue weighted by Crippen LogP contribution is 2.19. The van der Waals surface area contributed by atoms with Gasteiger partial charge in [-0.15, -0.1) is 0 Å². The van der Waals surface area contributed by atoms with E-state index in [1.807, 2.05) is 79.7 Å². The summed E-state index contributed by atoms with van der Waals surface area (Å²) in [4.78, 5) is 28.8. The number of halogens is 1. The van der Waals surface area contributed by atoms with E-state index in [-0.39, 0.29) is 18.2 Å². The highest BCUT2D eigenvalue weighted by Gasteiger charge is 2.30. The molecule has 0 fully saturated rings. The lowest BCUT2D eigenvalue weighted by atomic mass is 10.0. The Morgan fingerprint density at radius 3 is 2.32 bits per heavy atom. The van der Waals surface area contributed by atoms with E-state index in [4.69, 9.17) is 16.3 Å². The first-order valence-corrected chi connectivity index (χ1v) is 13.2. The fraction of sp³-hybridized carbons (Fsp3) is 0.355. The molecule has 0 saturated carbocycles. The molecule has 196 valence electrons. The summed E-state index contributed by atoms with van der Waals surface area (Å²) in [6.07, 6.45) is 1.25. The van der Waals surface area contributed by atoms with Crippen molar-refractivity contribution in [2.75, 3.05) is 13.2 Å². The van der Waals surface area contributed by atoms with Crippen molar-refractivity contribution in [2.24, 2.45) is 5.92 Å². The minimum atomic E-state index is -0.648. The Bertz CT molecular complexity index is 1130. The van der Waals surface area contributed by atoms with Crippen LogP contribution in [0.2, 0.25) is 5.02 Å². The van der Waals surface area contributed by atoms with E-state index in [0.717, 1.165) is 16.9 Å². The largest absolute Gasteiger partial charge is 0.494 e. The molecule has 37 heavy (non-hydrogen) atoms. The third-order valence-electron chi connectivity index (χ3n) is 6.02. The van der Waals surface area contributed by atoms with Crippen LogP contribution < -0.4 is 10.1 Å². The maximum atomic E-state index is 13.6. The smallest absolute Gasteiger partial charge is 0.243 e. The molecular weight excluding hydrogens is 484 g/mol. The summed E-state index contributed by atoms with van der Waals surface area (Å²) in [5, 5.41) is 3.64. The van der Waals surface area contributed by atoms with Gasteiger partial charge in [0.25, 0.3) is 0 Å². The Kier molecular flexibility index (Phi) is 11.0. The number of carbonyl (C=O) groups excluding carboxylic acids is 2. The molecule has 3 aromatic rings. The SMILES string of the molecule is Cc1ccc(OCCCC(=O)N(Cc2cccc(Cl)c2)[C@@H](Cc2ccccc2)C(=O)NCC(C)C)cc1. The lowest BCUT2D eigenvalue weighted by Crippen LogP contribution is -2.51. The van der Waals surface area contributed by atoms with Gasteiger partial charge in [0.1, 0.15) is 11.8 Å². The monoisotopic (exact) mass is 520 g/mol. The number of hydrogen-bond acceptors (Lipinski definition) is 3. The molecule has 0 heterocycles. The third-order valence-corrected chi connectivity index (χ3v) is 6.26. The standard InChI is InChI=1S/C31H37ClN2O3/c1-23(2)21-33-31(36)29(20-25-9-5-4-6-10-25)34(22-26-11-7-12-27(32)19-26)30(35)13-8-18-37-28-16-14-24(3)15-17-28/h4-7,9-12,14-17,19,23,29H,8,13,18,20-22H2,1-3H3,(H,33,36)/t29-/m0/s1. The third kappa shape index (κ3) is 9.58. The number of rotatable bonds is 13. The topological polar surface area (TPSA) is 58.6 Å². The van der Waals surface area contributed by atoms with Gasteiger partial charge in [0, 0.05) is 31.0 Å². The average molecular weight is 521 g/mol. The summed E-state index contributed by atoms with van der Waals surface area (Å²) in [6, 6.07) is 24.5. The predicted octanol–water partition coefficient (Wildman–Crippen LogP) is 6.22. The van der Waals surface area contributed by atoms with Gasteiger partial charge in [0.15, 0.2) is 0 Å². The van der Waals surface area contributed by atoms with Gasteiger partial charge in [-0.05, 0) is 54.7 Å². The lowest BCUT2D eigenvalue weighted by Gasteiger charge is -2.32. The van der Waals surface area contributed by atoms with Gasteiger partial charge in [0.05, 0.1) is 6.61 Å². The first-order valence-electron chi connectivity index (χ1n) is 12.9. The predicted molar refractivity (Wildman–Crippen MR) is 150 cm³/mol. The molecule has 3 rings (SSSR count). The molecule has 2 amide bonds. The number of nitrogens with zero attached hydrogens (tertiary/aromatic N) is 1. The quantitative estimate of drug-likeness (QED) is 0.272. The molecule has 0 bridgehead atoms. The lowest BCUT2D eigenvalue weighted by molar-refractivity contribution is -0.141. The van der Waals surface area contributed by atoms with Crippen LogP contribution in [0.4, 0.5) is 0 Å². The number of benzene rings is 3. The number of aryl methyl sites for hydroxylation is 1. The molecule has 0 aliphatic carbocycles. The fourth-order valence-corrected chi connectivity index (χ4v) is 4.21.